The zero-order valence-electron chi connectivity index (χ0n) is 12.9. The third-order valence-electron chi connectivity index (χ3n) is 3.24. The van der Waals surface area contributed by atoms with Gasteiger partial charge < -0.3 is 10.1 Å². The molecule has 1 N–H and O–H groups in total. The van der Waals surface area contributed by atoms with Gasteiger partial charge in [0.15, 0.2) is 0 Å². The third-order valence-corrected chi connectivity index (χ3v) is 3.24. The maximum absolute atomic E-state index is 5.58. The van der Waals surface area contributed by atoms with Crippen LogP contribution in [-0.2, 0) is 24.1 Å². The number of ether oxygens (including phenoxy) is 1. The number of aromatic nitrogens is 2. The summed E-state index contributed by atoms with van der Waals surface area (Å²) in [4.78, 5) is 0. The molecule has 0 aliphatic carbocycles. The molecule has 0 spiro atoms. The molecule has 0 radical (unpaired) electrons. The zero-order valence-corrected chi connectivity index (χ0v) is 12.9. The van der Waals surface area contributed by atoms with Crippen molar-refractivity contribution < 1.29 is 4.74 Å². The van der Waals surface area contributed by atoms with Crippen molar-refractivity contribution in [2.45, 2.75) is 59.5 Å². The Labute approximate surface area is 117 Å². The maximum Gasteiger partial charge on any atom is 0.0624 e. The Kier molecular flexibility index (Phi) is 7.75. The molecule has 0 aliphatic heterocycles. The van der Waals surface area contributed by atoms with E-state index >= 15 is 0 Å². The van der Waals surface area contributed by atoms with Crippen LogP contribution < -0.4 is 5.32 Å². The van der Waals surface area contributed by atoms with Crippen LogP contribution in [0.2, 0.25) is 0 Å². The molecule has 0 saturated carbocycles. The molecule has 1 heterocycles. The number of nitrogens with zero attached hydrogens (tertiary/aromatic N) is 2. The summed E-state index contributed by atoms with van der Waals surface area (Å²) in [6.07, 6.45) is 3.13. The molecule has 0 saturated heterocycles. The quantitative estimate of drug-likeness (QED) is 0.707. The van der Waals surface area contributed by atoms with Crippen molar-refractivity contribution >= 4 is 0 Å². The number of rotatable bonds is 10. The van der Waals surface area contributed by atoms with Crippen molar-refractivity contribution in [3.63, 3.8) is 0 Å². The van der Waals surface area contributed by atoms with Gasteiger partial charge in [0.1, 0.15) is 0 Å². The van der Waals surface area contributed by atoms with Crippen molar-refractivity contribution in [1.82, 2.24) is 15.1 Å². The molecule has 110 valence electrons. The number of hydrogen-bond donors (Lipinski definition) is 1. The highest BCUT2D eigenvalue weighted by Gasteiger charge is 2.13. The minimum absolute atomic E-state index is 0.381. The number of aryl methyl sites for hydroxylation is 2. The minimum atomic E-state index is 0.381. The van der Waals surface area contributed by atoms with E-state index in [0.29, 0.717) is 6.04 Å². The second kappa shape index (κ2) is 9.10. The largest absolute Gasteiger partial charge is 0.380 e. The van der Waals surface area contributed by atoms with E-state index in [1.807, 2.05) is 6.92 Å². The molecule has 4 nitrogen and oxygen atoms in total. The fourth-order valence-corrected chi connectivity index (χ4v) is 2.18. The molecule has 1 atom stereocenters. The van der Waals surface area contributed by atoms with Crippen molar-refractivity contribution in [2.24, 2.45) is 0 Å². The molecule has 0 fully saturated rings. The molecule has 0 amide bonds. The molecule has 1 unspecified atom stereocenters. The van der Waals surface area contributed by atoms with Crippen LogP contribution in [0.15, 0.2) is 6.07 Å². The van der Waals surface area contributed by atoms with Crippen molar-refractivity contribution in [2.75, 3.05) is 19.8 Å². The molecule has 1 aromatic heterocycles. The number of hydrogen-bond acceptors (Lipinski definition) is 3. The topological polar surface area (TPSA) is 39.1 Å². The minimum Gasteiger partial charge on any atom is -0.380 e. The average Bonchev–Trinajstić information content (AvgIpc) is 2.83. The van der Waals surface area contributed by atoms with Crippen LogP contribution >= 0.6 is 0 Å². The van der Waals surface area contributed by atoms with Crippen LogP contribution in [0.3, 0.4) is 0 Å². The van der Waals surface area contributed by atoms with E-state index in [1.54, 1.807) is 0 Å². The smallest absolute Gasteiger partial charge is 0.0624 e. The lowest BCUT2D eigenvalue weighted by Crippen LogP contribution is -2.36. The lowest BCUT2D eigenvalue weighted by Gasteiger charge is -2.18. The second-order valence-electron chi connectivity index (χ2n) is 4.81. The molecule has 0 aromatic carbocycles. The van der Waals surface area contributed by atoms with Crippen LogP contribution in [-0.4, -0.2) is 35.6 Å². The Hall–Kier alpha value is -0.870. The van der Waals surface area contributed by atoms with Gasteiger partial charge in [-0.1, -0.05) is 13.8 Å². The first-order chi connectivity index (χ1) is 9.24. The molecule has 0 aliphatic rings. The Bertz CT molecular complexity index is 341. The van der Waals surface area contributed by atoms with E-state index in [2.05, 4.69) is 41.9 Å². The fourth-order valence-electron chi connectivity index (χ4n) is 2.18. The van der Waals surface area contributed by atoms with Gasteiger partial charge in [-0.05, 0) is 39.3 Å². The van der Waals surface area contributed by atoms with Crippen LogP contribution in [0.5, 0.6) is 0 Å². The van der Waals surface area contributed by atoms with Gasteiger partial charge in [-0.15, -0.1) is 0 Å². The zero-order chi connectivity index (χ0) is 14.1. The Morgan fingerprint density at radius 2 is 2.11 bits per heavy atom. The first-order valence-corrected chi connectivity index (χ1v) is 7.61. The van der Waals surface area contributed by atoms with E-state index in [-0.39, 0.29) is 0 Å². The van der Waals surface area contributed by atoms with Gasteiger partial charge in [-0.2, -0.15) is 5.10 Å². The van der Waals surface area contributed by atoms with Gasteiger partial charge in [-0.3, -0.25) is 4.68 Å². The molecule has 1 aromatic rings. The summed E-state index contributed by atoms with van der Waals surface area (Å²) >= 11 is 0. The first-order valence-electron chi connectivity index (χ1n) is 7.61. The first kappa shape index (κ1) is 16.2. The van der Waals surface area contributed by atoms with Crippen LogP contribution in [0.4, 0.5) is 0 Å². The predicted molar refractivity (Wildman–Crippen MR) is 79.6 cm³/mol. The average molecular weight is 267 g/mol. The summed E-state index contributed by atoms with van der Waals surface area (Å²) in [6, 6.07) is 2.61. The highest BCUT2D eigenvalue weighted by atomic mass is 16.5. The Balaban J connectivity index is 2.67. The third kappa shape index (κ3) is 5.33. The monoisotopic (exact) mass is 267 g/mol. The van der Waals surface area contributed by atoms with Gasteiger partial charge in [0.2, 0.25) is 0 Å². The lowest BCUT2D eigenvalue weighted by atomic mass is 10.1. The summed E-state index contributed by atoms with van der Waals surface area (Å²) < 4.78 is 7.70. The highest BCUT2D eigenvalue weighted by Crippen LogP contribution is 2.09. The maximum atomic E-state index is 5.58. The fraction of sp³-hybridized carbons (Fsp3) is 0.800. The number of nitrogens with one attached hydrogen (secondary N) is 1. The predicted octanol–water partition coefficient (Wildman–Crippen LogP) is 2.41. The molecular formula is C15H29N3O. The van der Waals surface area contributed by atoms with Crippen LogP contribution in [0, 0.1) is 0 Å². The molecule has 4 heteroatoms. The van der Waals surface area contributed by atoms with Crippen LogP contribution in [0.1, 0.15) is 45.5 Å². The Morgan fingerprint density at radius 3 is 2.68 bits per heavy atom. The van der Waals surface area contributed by atoms with Gasteiger partial charge in [-0.25, -0.2) is 0 Å². The van der Waals surface area contributed by atoms with Gasteiger partial charge in [0.05, 0.1) is 12.3 Å². The summed E-state index contributed by atoms with van der Waals surface area (Å²) in [7, 11) is 0. The van der Waals surface area contributed by atoms with Crippen LogP contribution in [0.25, 0.3) is 0 Å². The van der Waals surface area contributed by atoms with Crippen molar-refractivity contribution in [3.05, 3.63) is 17.5 Å². The summed E-state index contributed by atoms with van der Waals surface area (Å²) in [5, 5.41) is 8.17. The Morgan fingerprint density at radius 1 is 1.32 bits per heavy atom. The molecular weight excluding hydrogens is 238 g/mol. The van der Waals surface area contributed by atoms with E-state index < -0.39 is 0 Å². The summed E-state index contributed by atoms with van der Waals surface area (Å²) in [6.45, 7) is 12.1. The van der Waals surface area contributed by atoms with Gasteiger partial charge in [0.25, 0.3) is 0 Å². The molecule has 19 heavy (non-hydrogen) atoms. The van der Waals surface area contributed by atoms with Gasteiger partial charge in [0, 0.05) is 31.3 Å². The summed E-state index contributed by atoms with van der Waals surface area (Å²) in [5.41, 5.74) is 2.50. The lowest BCUT2D eigenvalue weighted by molar-refractivity contribution is 0.122. The standard InChI is InChI=1S/C15H29N3O/c1-5-9-16-14(12-19-8-4)11-15-10-13(6-2)17-18(15)7-3/h10,14,16H,5-9,11-12H2,1-4H3. The normalized spacial score (nSPS) is 12.8. The SMILES string of the molecule is CCCNC(COCC)Cc1cc(CC)nn1CC. The molecule has 0 bridgehead atoms. The van der Waals surface area contributed by atoms with Crippen molar-refractivity contribution in [1.29, 1.82) is 0 Å². The van der Waals surface area contributed by atoms with Crippen molar-refractivity contribution in [3.8, 4) is 0 Å². The van der Waals surface area contributed by atoms with E-state index in [0.717, 1.165) is 45.6 Å². The van der Waals surface area contributed by atoms with Gasteiger partial charge >= 0.3 is 0 Å². The van der Waals surface area contributed by atoms with E-state index in [9.17, 15) is 0 Å². The summed E-state index contributed by atoms with van der Waals surface area (Å²) in [5.74, 6) is 0. The molecule has 1 rings (SSSR count). The highest BCUT2D eigenvalue weighted by molar-refractivity contribution is 5.12. The van der Waals surface area contributed by atoms with E-state index in [1.165, 1.54) is 11.4 Å². The second-order valence-corrected chi connectivity index (χ2v) is 4.81. The van der Waals surface area contributed by atoms with E-state index in [4.69, 9.17) is 4.74 Å².